The summed E-state index contributed by atoms with van der Waals surface area (Å²) in [6.45, 7) is 29.0. The molecular weight excluding hydrogens is 497 g/mol. The fourth-order valence-corrected chi connectivity index (χ4v) is 11.4. The van der Waals surface area contributed by atoms with Crippen LogP contribution in [0.1, 0.15) is 91.5 Å². The van der Waals surface area contributed by atoms with E-state index in [2.05, 4.69) is 149 Å². The first kappa shape index (κ1) is 28.9. The molecule has 0 bridgehead atoms. The molecule has 0 spiro atoms. The lowest BCUT2D eigenvalue weighted by atomic mass is 9.81. The van der Waals surface area contributed by atoms with Gasteiger partial charge in [-0.15, -0.1) is 0 Å². The van der Waals surface area contributed by atoms with E-state index in [-0.39, 0.29) is 16.2 Å². The molecule has 3 aromatic rings. The Hall–Kier alpha value is -2.64. The van der Waals surface area contributed by atoms with Crippen molar-refractivity contribution in [2.24, 2.45) is 5.41 Å². The second-order valence-corrected chi connectivity index (χ2v) is 20.6. The molecule has 0 nitrogen and oxygen atoms in total. The van der Waals surface area contributed by atoms with Crippen LogP contribution in [0.5, 0.6) is 0 Å². The number of fused-ring (bicyclic) bond motifs is 3. The van der Waals surface area contributed by atoms with Crippen LogP contribution >= 0.6 is 0 Å². The Labute approximate surface area is 245 Å². The van der Waals surface area contributed by atoms with Crippen molar-refractivity contribution in [2.45, 2.75) is 105 Å². The lowest BCUT2D eigenvalue weighted by Crippen LogP contribution is -2.51. The lowest BCUT2D eigenvalue weighted by molar-refractivity contribution is 0.517. The van der Waals surface area contributed by atoms with Gasteiger partial charge in [0, 0.05) is 0 Å². The molecule has 2 aliphatic rings. The molecule has 1 unspecified atom stereocenters. The third-order valence-electron chi connectivity index (χ3n) is 9.44. The van der Waals surface area contributed by atoms with E-state index in [0.717, 1.165) is 6.42 Å². The monoisotopic (exact) mass is 546 g/mol. The Morgan fingerprint density at radius 3 is 1.93 bits per heavy atom. The van der Waals surface area contributed by atoms with Crippen LogP contribution in [0.15, 0.2) is 77.9 Å². The van der Waals surface area contributed by atoms with E-state index in [1.807, 2.05) is 0 Å². The molecule has 0 N–H and O–H groups in total. The molecule has 0 radical (unpaired) electrons. The number of rotatable bonds is 3. The maximum atomic E-state index is 2.65. The van der Waals surface area contributed by atoms with Crippen molar-refractivity contribution in [1.29, 1.82) is 0 Å². The van der Waals surface area contributed by atoms with Crippen LogP contribution in [0.4, 0.5) is 0 Å². The van der Waals surface area contributed by atoms with Gasteiger partial charge in [-0.2, -0.15) is 0 Å². The van der Waals surface area contributed by atoms with Crippen LogP contribution in [-0.4, -0.2) is 8.07 Å². The Kier molecular flexibility index (Phi) is 6.82. The lowest BCUT2D eigenvalue weighted by Gasteiger charge is -2.38. The first-order chi connectivity index (χ1) is 18.4. The zero-order valence-electron chi connectivity index (χ0n) is 27.1. The molecule has 0 saturated carbocycles. The normalized spacial score (nSPS) is 17.4. The summed E-state index contributed by atoms with van der Waals surface area (Å²) in [5.74, 6) is 0. The van der Waals surface area contributed by atoms with Crippen molar-refractivity contribution in [3.8, 4) is 22.3 Å². The number of hydrogen-bond acceptors (Lipinski definition) is 0. The molecule has 0 amide bonds. The number of benzene rings is 3. The average Bonchev–Trinajstić information content (AvgIpc) is 3.43. The van der Waals surface area contributed by atoms with Gasteiger partial charge in [-0.25, -0.2) is 0 Å². The van der Waals surface area contributed by atoms with E-state index < -0.39 is 8.07 Å². The van der Waals surface area contributed by atoms with E-state index in [9.17, 15) is 0 Å². The summed E-state index contributed by atoms with van der Waals surface area (Å²) < 4.78 is 0. The van der Waals surface area contributed by atoms with E-state index in [4.69, 9.17) is 0 Å². The minimum absolute atomic E-state index is 0.0519. The summed E-state index contributed by atoms with van der Waals surface area (Å²) in [5, 5.41) is 1.70. The minimum atomic E-state index is -2.00. The summed E-state index contributed by atoms with van der Waals surface area (Å²) in [5.41, 5.74) is 15.7. The number of hydrogen-bond donors (Lipinski definition) is 0. The molecule has 0 aromatic heterocycles. The second-order valence-electron chi connectivity index (χ2n) is 16.1. The smallest absolute Gasteiger partial charge is 0.0760 e. The second kappa shape index (κ2) is 9.45. The molecule has 3 aromatic carbocycles. The molecule has 5 rings (SSSR count). The van der Waals surface area contributed by atoms with Gasteiger partial charge in [0.05, 0.1) is 8.07 Å². The van der Waals surface area contributed by atoms with E-state index in [1.54, 1.807) is 21.9 Å². The molecule has 0 aliphatic heterocycles. The predicted molar refractivity (Wildman–Crippen MR) is 180 cm³/mol. The van der Waals surface area contributed by atoms with Crippen molar-refractivity contribution >= 4 is 13.3 Å². The highest BCUT2D eigenvalue weighted by Gasteiger charge is 2.43. The van der Waals surface area contributed by atoms with E-state index >= 15 is 0 Å². The fraction of sp³-hybridized carbons (Fsp3) is 0.436. The first-order valence-electron chi connectivity index (χ1n) is 15.2. The molecule has 210 valence electrons. The standard InChI is InChI=1S/C39H50Si/c1-25-20-29(38(5,6)7)23-34(25)40(11,12)36-32-22-27-21-28(37(2,3)4)18-19-30(27)35(32)31(24-33(36)39(8,9)10)26-16-14-13-15-17-26/h13-21,23-24,34H,22H2,1-12H3. The summed E-state index contributed by atoms with van der Waals surface area (Å²) in [6.07, 6.45) is 6.18. The summed E-state index contributed by atoms with van der Waals surface area (Å²) in [4.78, 5) is 0. The van der Waals surface area contributed by atoms with Crippen LogP contribution in [0.2, 0.25) is 18.6 Å². The summed E-state index contributed by atoms with van der Waals surface area (Å²) in [6, 6.07) is 21.0. The maximum absolute atomic E-state index is 2.65. The van der Waals surface area contributed by atoms with Crippen LogP contribution in [0, 0.1) is 5.41 Å². The molecular formula is C39H50Si. The van der Waals surface area contributed by atoms with Gasteiger partial charge in [0.15, 0.2) is 0 Å². The molecule has 0 heterocycles. The van der Waals surface area contributed by atoms with Gasteiger partial charge >= 0.3 is 0 Å². The van der Waals surface area contributed by atoms with Gasteiger partial charge in [-0.1, -0.05) is 153 Å². The Morgan fingerprint density at radius 2 is 1.38 bits per heavy atom. The minimum Gasteiger partial charge on any atom is -0.0760 e. The Balaban J connectivity index is 1.84. The van der Waals surface area contributed by atoms with Crippen molar-refractivity contribution in [2.75, 3.05) is 0 Å². The first-order valence-corrected chi connectivity index (χ1v) is 18.3. The maximum Gasteiger partial charge on any atom is 0.0923 e. The third kappa shape index (κ3) is 4.89. The Bertz CT molecular complexity index is 1520. The zero-order valence-corrected chi connectivity index (χ0v) is 28.1. The van der Waals surface area contributed by atoms with Crippen molar-refractivity contribution in [1.82, 2.24) is 0 Å². The molecule has 1 heteroatoms. The van der Waals surface area contributed by atoms with Crippen LogP contribution < -0.4 is 5.19 Å². The quantitative estimate of drug-likeness (QED) is 0.224. The highest BCUT2D eigenvalue weighted by Crippen LogP contribution is 2.49. The highest BCUT2D eigenvalue weighted by molar-refractivity contribution is 6.92. The molecule has 2 aliphatic carbocycles. The van der Waals surface area contributed by atoms with E-state index in [0.29, 0.717) is 5.54 Å². The van der Waals surface area contributed by atoms with Gasteiger partial charge < -0.3 is 0 Å². The van der Waals surface area contributed by atoms with Gasteiger partial charge in [0.2, 0.25) is 0 Å². The van der Waals surface area contributed by atoms with Crippen molar-refractivity contribution in [3.05, 3.63) is 100 Å². The van der Waals surface area contributed by atoms with Crippen molar-refractivity contribution < 1.29 is 0 Å². The van der Waals surface area contributed by atoms with Crippen LogP contribution in [-0.2, 0) is 17.3 Å². The van der Waals surface area contributed by atoms with Gasteiger partial charge in [0.25, 0.3) is 0 Å². The predicted octanol–water partition coefficient (Wildman–Crippen LogP) is 10.7. The fourth-order valence-electron chi connectivity index (χ4n) is 7.13. The van der Waals surface area contributed by atoms with Crippen molar-refractivity contribution in [3.63, 3.8) is 0 Å². The molecule has 1 atom stereocenters. The summed E-state index contributed by atoms with van der Waals surface area (Å²) >= 11 is 0. The largest absolute Gasteiger partial charge is 0.0923 e. The van der Waals surface area contributed by atoms with Gasteiger partial charge in [-0.3, -0.25) is 0 Å². The summed E-state index contributed by atoms with van der Waals surface area (Å²) in [7, 11) is -2.00. The van der Waals surface area contributed by atoms with E-state index in [1.165, 1.54) is 39.0 Å². The SMILES string of the molecule is CC1=CC(C(C)(C)C)=CC1[Si](C)(C)c1c(C(C)(C)C)cc(-c2ccccc2)c2c1Cc1cc(C(C)(C)C)ccc1-2. The van der Waals surface area contributed by atoms with Gasteiger partial charge in [0.1, 0.15) is 0 Å². The highest BCUT2D eigenvalue weighted by atomic mass is 28.3. The topological polar surface area (TPSA) is 0 Å². The third-order valence-corrected chi connectivity index (χ3v) is 13.5. The molecule has 0 saturated heterocycles. The van der Waals surface area contributed by atoms with Crippen LogP contribution in [0.25, 0.3) is 22.3 Å². The molecule has 0 fully saturated rings. The zero-order chi connectivity index (χ0) is 29.4. The Morgan fingerprint density at radius 1 is 0.725 bits per heavy atom. The average molecular weight is 547 g/mol. The van der Waals surface area contributed by atoms with Crippen LogP contribution in [0.3, 0.4) is 0 Å². The molecule has 40 heavy (non-hydrogen) atoms. The van der Waals surface area contributed by atoms with Gasteiger partial charge in [-0.05, 0) is 85.2 Å². The number of allylic oxidation sites excluding steroid dienone is 4.